The van der Waals surface area contributed by atoms with Crippen LogP contribution in [0.1, 0.15) is 6.42 Å². The van der Waals surface area contributed by atoms with Crippen molar-refractivity contribution in [3.8, 4) is 0 Å². The van der Waals surface area contributed by atoms with Crippen molar-refractivity contribution in [2.45, 2.75) is 6.42 Å². The standard InChI is InChI=1S/C15H13Cl3N2O/c16-10-4-6-11(7-5-10)19-9-8-14(21)20-13-3-1-2-12(17)15(13)18/h1-7,19H,8-9H2,(H,20,21). The van der Waals surface area contributed by atoms with Crippen LogP contribution >= 0.6 is 34.8 Å². The summed E-state index contributed by atoms with van der Waals surface area (Å²) >= 11 is 17.7. The van der Waals surface area contributed by atoms with Crippen molar-refractivity contribution < 1.29 is 4.79 Å². The SMILES string of the molecule is O=C(CCNc1ccc(Cl)cc1)Nc1cccc(Cl)c1Cl. The molecule has 0 radical (unpaired) electrons. The number of halogens is 3. The predicted octanol–water partition coefficient (Wildman–Crippen LogP) is 5.09. The van der Waals surface area contributed by atoms with Crippen molar-refractivity contribution in [3.05, 3.63) is 57.5 Å². The second-order valence-electron chi connectivity index (χ2n) is 4.33. The van der Waals surface area contributed by atoms with Crippen molar-refractivity contribution in [2.24, 2.45) is 0 Å². The monoisotopic (exact) mass is 342 g/mol. The highest BCUT2D eigenvalue weighted by Gasteiger charge is 2.07. The summed E-state index contributed by atoms with van der Waals surface area (Å²) in [7, 11) is 0. The van der Waals surface area contributed by atoms with Crippen molar-refractivity contribution in [1.29, 1.82) is 0 Å². The highest BCUT2D eigenvalue weighted by Crippen LogP contribution is 2.29. The first-order valence-electron chi connectivity index (χ1n) is 6.29. The van der Waals surface area contributed by atoms with Crippen LogP contribution in [-0.4, -0.2) is 12.5 Å². The Labute approximate surface area is 138 Å². The van der Waals surface area contributed by atoms with Gasteiger partial charge in [-0.2, -0.15) is 0 Å². The lowest BCUT2D eigenvalue weighted by molar-refractivity contribution is -0.115. The van der Waals surface area contributed by atoms with Gasteiger partial charge < -0.3 is 10.6 Å². The summed E-state index contributed by atoms with van der Waals surface area (Å²) in [4.78, 5) is 11.8. The maximum atomic E-state index is 11.8. The number of hydrogen-bond acceptors (Lipinski definition) is 2. The molecular weight excluding hydrogens is 331 g/mol. The fraction of sp³-hybridized carbons (Fsp3) is 0.133. The quantitative estimate of drug-likeness (QED) is 0.794. The molecule has 0 unspecified atom stereocenters. The highest BCUT2D eigenvalue weighted by atomic mass is 35.5. The third-order valence-corrected chi connectivity index (χ3v) is 3.82. The van der Waals surface area contributed by atoms with E-state index < -0.39 is 0 Å². The Hall–Kier alpha value is -1.42. The van der Waals surface area contributed by atoms with E-state index in [-0.39, 0.29) is 5.91 Å². The molecule has 2 aromatic carbocycles. The minimum Gasteiger partial charge on any atom is -0.385 e. The van der Waals surface area contributed by atoms with E-state index in [1.165, 1.54) is 0 Å². The van der Waals surface area contributed by atoms with Crippen LogP contribution in [0.5, 0.6) is 0 Å². The second-order valence-corrected chi connectivity index (χ2v) is 5.55. The summed E-state index contributed by atoms with van der Waals surface area (Å²) < 4.78 is 0. The van der Waals surface area contributed by atoms with Gasteiger partial charge in [0.05, 0.1) is 15.7 Å². The van der Waals surface area contributed by atoms with Gasteiger partial charge in [-0.25, -0.2) is 0 Å². The summed E-state index contributed by atoms with van der Waals surface area (Å²) in [5.74, 6) is -0.138. The van der Waals surface area contributed by atoms with Gasteiger partial charge in [-0.15, -0.1) is 0 Å². The number of anilines is 2. The van der Waals surface area contributed by atoms with E-state index in [4.69, 9.17) is 34.8 Å². The number of carbonyl (C=O) groups excluding carboxylic acids is 1. The molecule has 21 heavy (non-hydrogen) atoms. The smallest absolute Gasteiger partial charge is 0.226 e. The van der Waals surface area contributed by atoms with Gasteiger partial charge in [0.25, 0.3) is 0 Å². The first-order chi connectivity index (χ1) is 10.1. The van der Waals surface area contributed by atoms with E-state index in [0.717, 1.165) is 5.69 Å². The Kier molecular flexibility index (Phi) is 5.74. The molecule has 0 aliphatic rings. The first-order valence-corrected chi connectivity index (χ1v) is 7.43. The minimum absolute atomic E-state index is 0.138. The Bertz CT molecular complexity index is 629. The highest BCUT2D eigenvalue weighted by molar-refractivity contribution is 6.44. The summed E-state index contributed by atoms with van der Waals surface area (Å²) in [5, 5.41) is 7.30. The van der Waals surface area contributed by atoms with Crippen molar-refractivity contribution in [2.75, 3.05) is 17.2 Å². The summed E-state index contributed by atoms with van der Waals surface area (Å²) in [5.41, 5.74) is 1.42. The molecule has 0 aliphatic heterocycles. The molecule has 2 N–H and O–H groups in total. The van der Waals surface area contributed by atoms with Crippen LogP contribution in [0.3, 0.4) is 0 Å². The van der Waals surface area contributed by atoms with Crippen molar-refractivity contribution >= 4 is 52.1 Å². The molecule has 0 fully saturated rings. The topological polar surface area (TPSA) is 41.1 Å². The molecule has 0 saturated carbocycles. The summed E-state index contributed by atoms with van der Waals surface area (Å²) in [6.07, 6.45) is 0.311. The van der Waals surface area contributed by atoms with E-state index in [9.17, 15) is 4.79 Å². The maximum absolute atomic E-state index is 11.8. The Balaban J connectivity index is 1.82. The minimum atomic E-state index is -0.138. The maximum Gasteiger partial charge on any atom is 0.226 e. The number of carbonyl (C=O) groups is 1. The lowest BCUT2D eigenvalue weighted by Crippen LogP contribution is -2.16. The fourth-order valence-electron chi connectivity index (χ4n) is 1.70. The summed E-state index contributed by atoms with van der Waals surface area (Å²) in [6, 6.07) is 12.4. The predicted molar refractivity (Wildman–Crippen MR) is 89.7 cm³/mol. The lowest BCUT2D eigenvalue weighted by Gasteiger charge is -2.09. The van der Waals surface area contributed by atoms with Gasteiger partial charge in [-0.1, -0.05) is 40.9 Å². The van der Waals surface area contributed by atoms with Gasteiger partial charge in [0.1, 0.15) is 0 Å². The molecule has 0 atom stereocenters. The molecule has 1 amide bonds. The third-order valence-electron chi connectivity index (χ3n) is 2.75. The number of benzene rings is 2. The van der Waals surface area contributed by atoms with E-state index in [0.29, 0.717) is 33.7 Å². The van der Waals surface area contributed by atoms with E-state index in [2.05, 4.69) is 10.6 Å². The molecule has 3 nitrogen and oxygen atoms in total. The summed E-state index contributed by atoms with van der Waals surface area (Å²) in [6.45, 7) is 0.506. The average molecular weight is 344 g/mol. The second kappa shape index (κ2) is 7.55. The van der Waals surface area contributed by atoms with Crippen molar-refractivity contribution in [3.63, 3.8) is 0 Å². The molecular formula is C15H13Cl3N2O. The third kappa shape index (κ3) is 4.81. The van der Waals surface area contributed by atoms with Gasteiger partial charge in [0.15, 0.2) is 0 Å². The van der Waals surface area contributed by atoms with Crippen LogP contribution in [0.25, 0.3) is 0 Å². The van der Waals surface area contributed by atoms with Gasteiger partial charge in [-0.05, 0) is 36.4 Å². The molecule has 6 heteroatoms. The molecule has 2 aromatic rings. The molecule has 2 rings (SSSR count). The zero-order chi connectivity index (χ0) is 15.2. The van der Waals surface area contributed by atoms with Gasteiger partial charge in [0.2, 0.25) is 5.91 Å². The molecule has 110 valence electrons. The Morgan fingerprint density at radius 1 is 1.00 bits per heavy atom. The zero-order valence-corrected chi connectivity index (χ0v) is 13.3. The Morgan fingerprint density at radius 3 is 2.43 bits per heavy atom. The van der Waals surface area contributed by atoms with Crippen LogP contribution in [0.2, 0.25) is 15.1 Å². The molecule has 0 saturated heterocycles. The number of hydrogen-bond donors (Lipinski definition) is 2. The van der Waals surface area contributed by atoms with Crippen LogP contribution in [0.15, 0.2) is 42.5 Å². The van der Waals surface area contributed by atoms with Crippen LogP contribution in [-0.2, 0) is 4.79 Å². The number of amides is 1. The number of nitrogens with one attached hydrogen (secondary N) is 2. The molecule has 0 spiro atoms. The van der Waals surface area contributed by atoms with E-state index >= 15 is 0 Å². The molecule has 0 heterocycles. The first kappa shape index (κ1) is 16.0. The van der Waals surface area contributed by atoms with Crippen LogP contribution in [0.4, 0.5) is 11.4 Å². The van der Waals surface area contributed by atoms with Gasteiger partial charge >= 0.3 is 0 Å². The van der Waals surface area contributed by atoms with Gasteiger partial charge in [-0.3, -0.25) is 4.79 Å². The number of rotatable bonds is 5. The molecule has 0 aliphatic carbocycles. The van der Waals surface area contributed by atoms with E-state index in [1.54, 1.807) is 30.3 Å². The normalized spacial score (nSPS) is 10.2. The fourth-order valence-corrected chi connectivity index (χ4v) is 2.17. The zero-order valence-electron chi connectivity index (χ0n) is 11.0. The largest absolute Gasteiger partial charge is 0.385 e. The van der Waals surface area contributed by atoms with Crippen LogP contribution in [0, 0.1) is 0 Å². The average Bonchev–Trinajstić information content (AvgIpc) is 2.46. The molecule has 0 bridgehead atoms. The van der Waals surface area contributed by atoms with Gasteiger partial charge in [0, 0.05) is 23.7 Å². The van der Waals surface area contributed by atoms with Crippen LogP contribution < -0.4 is 10.6 Å². The molecule has 0 aromatic heterocycles. The van der Waals surface area contributed by atoms with Crippen molar-refractivity contribution in [1.82, 2.24) is 0 Å². The Morgan fingerprint density at radius 2 is 1.71 bits per heavy atom. The van der Waals surface area contributed by atoms with E-state index in [1.807, 2.05) is 12.1 Å². The lowest BCUT2D eigenvalue weighted by atomic mass is 10.3.